The molecule has 0 spiro atoms. The van der Waals surface area contributed by atoms with E-state index in [1.165, 1.54) is 18.2 Å². The van der Waals surface area contributed by atoms with Gasteiger partial charge in [0, 0.05) is 50.1 Å². The lowest BCUT2D eigenvalue weighted by atomic mass is 9.95. The third-order valence-corrected chi connectivity index (χ3v) is 4.68. The highest BCUT2D eigenvalue weighted by molar-refractivity contribution is 5.94. The van der Waals surface area contributed by atoms with Crippen LogP contribution in [0.1, 0.15) is 29.6 Å². The van der Waals surface area contributed by atoms with Gasteiger partial charge in [0.15, 0.2) is 0 Å². The summed E-state index contributed by atoms with van der Waals surface area (Å²) in [4.78, 5) is 30.3. The molecule has 2 amide bonds. The Morgan fingerprint density at radius 1 is 1.27 bits per heavy atom. The normalized spacial score (nSPS) is 15.0. The van der Waals surface area contributed by atoms with Crippen LogP contribution in [0, 0.1) is 11.7 Å². The molecule has 1 saturated heterocycles. The Kier molecular flexibility index (Phi) is 5.99. The standard InChI is InChI=1S/C19H23FN4O2/c20-17-4-1-3-16(13-17)19(26)24-10-5-15(6-11-24)18(25)22-7-2-9-23-12-8-21-14-23/h1,3-4,8,12-15H,2,5-7,9-11H2,(H,22,25). The van der Waals surface area contributed by atoms with Crippen molar-refractivity contribution in [2.24, 2.45) is 5.92 Å². The molecule has 1 aromatic carbocycles. The van der Waals surface area contributed by atoms with Crippen LogP contribution in [0.2, 0.25) is 0 Å². The molecule has 1 aliphatic heterocycles. The molecular formula is C19H23FN4O2. The molecule has 0 unspecified atom stereocenters. The van der Waals surface area contributed by atoms with Gasteiger partial charge in [0.1, 0.15) is 5.82 Å². The zero-order valence-electron chi connectivity index (χ0n) is 14.6. The summed E-state index contributed by atoms with van der Waals surface area (Å²) in [5.41, 5.74) is 0.354. The Morgan fingerprint density at radius 3 is 2.77 bits per heavy atom. The Bertz CT molecular complexity index is 740. The lowest BCUT2D eigenvalue weighted by molar-refractivity contribution is -0.126. The van der Waals surface area contributed by atoms with Crippen molar-refractivity contribution in [2.45, 2.75) is 25.8 Å². The second-order valence-corrected chi connectivity index (χ2v) is 6.52. The first kappa shape index (κ1) is 18.1. The first-order valence-electron chi connectivity index (χ1n) is 8.92. The summed E-state index contributed by atoms with van der Waals surface area (Å²) >= 11 is 0. The van der Waals surface area contributed by atoms with E-state index in [1.54, 1.807) is 23.5 Å². The summed E-state index contributed by atoms with van der Waals surface area (Å²) in [6.45, 7) is 2.48. The molecule has 0 atom stereocenters. The van der Waals surface area contributed by atoms with E-state index in [4.69, 9.17) is 0 Å². The van der Waals surface area contributed by atoms with Crippen LogP contribution in [-0.4, -0.2) is 45.9 Å². The van der Waals surface area contributed by atoms with Crippen molar-refractivity contribution in [1.82, 2.24) is 19.8 Å². The molecule has 1 aliphatic rings. The smallest absolute Gasteiger partial charge is 0.253 e. The number of nitrogens with zero attached hydrogens (tertiary/aromatic N) is 3. The molecule has 0 saturated carbocycles. The zero-order valence-corrected chi connectivity index (χ0v) is 14.6. The van der Waals surface area contributed by atoms with Crippen LogP contribution in [0.5, 0.6) is 0 Å². The van der Waals surface area contributed by atoms with Crippen LogP contribution in [0.4, 0.5) is 4.39 Å². The maximum absolute atomic E-state index is 13.3. The SMILES string of the molecule is O=C(NCCCn1ccnc1)C1CCN(C(=O)c2cccc(F)c2)CC1. The second-order valence-electron chi connectivity index (χ2n) is 6.52. The summed E-state index contributed by atoms with van der Waals surface area (Å²) in [5, 5.41) is 2.97. The highest BCUT2D eigenvalue weighted by atomic mass is 19.1. The molecule has 138 valence electrons. The number of carbonyl (C=O) groups excluding carboxylic acids is 2. The number of aromatic nitrogens is 2. The van der Waals surface area contributed by atoms with E-state index >= 15 is 0 Å². The number of benzene rings is 1. The minimum Gasteiger partial charge on any atom is -0.356 e. The van der Waals surface area contributed by atoms with Gasteiger partial charge in [-0.1, -0.05) is 6.07 Å². The number of halogens is 1. The van der Waals surface area contributed by atoms with E-state index in [9.17, 15) is 14.0 Å². The topological polar surface area (TPSA) is 67.2 Å². The Labute approximate surface area is 152 Å². The fourth-order valence-electron chi connectivity index (χ4n) is 3.19. The predicted octanol–water partition coefficient (Wildman–Crippen LogP) is 2.08. The van der Waals surface area contributed by atoms with E-state index in [0.717, 1.165) is 13.0 Å². The number of likely N-dealkylation sites (tertiary alicyclic amines) is 1. The van der Waals surface area contributed by atoms with Crippen molar-refractivity contribution in [1.29, 1.82) is 0 Å². The van der Waals surface area contributed by atoms with Gasteiger partial charge in [-0.2, -0.15) is 0 Å². The van der Waals surface area contributed by atoms with Crippen LogP contribution in [0.25, 0.3) is 0 Å². The fraction of sp³-hybridized carbons (Fsp3) is 0.421. The van der Waals surface area contributed by atoms with Crippen molar-refractivity contribution >= 4 is 11.8 Å². The number of rotatable bonds is 6. The number of hydrogen-bond donors (Lipinski definition) is 1. The first-order chi connectivity index (χ1) is 12.6. The van der Waals surface area contributed by atoms with E-state index in [0.29, 0.717) is 38.0 Å². The number of amides is 2. The largest absolute Gasteiger partial charge is 0.356 e. The Hall–Kier alpha value is -2.70. The molecule has 0 aliphatic carbocycles. The van der Waals surface area contributed by atoms with Gasteiger partial charge >= 0.3 is 0 Å². The minimum absolute atomic E-state index is 0.0495. The van der Waals surface area contributed by atoms with E-state index in [-0.39, 0.29) is 17.7 Å². The quantitative estimate of drug-likeness (QED) is 0.804. The summed E-state index contributed by atoms with van der Waals surface area (Å²) in [5.74, 6) is -0.613. The van der Waals surface area contributed by atoms with Gasteiger partial charge in [-0.25, -0.2) is 9.37 Å². The van der Waals surface area contributed by atoms with E-state index < -0.39 is 5.82 Å². The van der Waals surface area contributed by atoms with Crippen LogP contribution in [0.15, 0.2) is 43.0 Å². The summed E-state index contributed by atoms with van der Waals surface area (Å²) in [6, 6.07) is 5.72. The number of hydrogen-bond acceptors (Lipinski definition) is 3. The van der Waals surface area contributed by atoms with Gasteiger partial charge in [0.2, 0.25) is 5.91 Å². The molecule has 2 aromatic rings. The van der Waals surface area contributed by atoms with Crippen LogP contribution in [-0.2, 0) is 11.3 Å². The summed E-state index contributed by atoms with van der Waals surface area (Å²) in [7, 11) is 0. The molecule has 1 fully saturated rings. The predicted molar refractivity (Wildman–Crippen MR) is 94.9 cm³/mol. The van der Waals surface area contributed by atoms with Gasteiger partial charge in [-0.3, -0.25) is 9.59 Å². The zero-order chi connectivity index (χ0) is 18.4. The second kappa shape index (κ2) is 8.60. The van der Waals surface area contributed by atoms with Crippen molar-refractivity contribution < 1.29 is 14.0 Å². The monoisotopic (exact) mass is 358 g/mol. The number of piperidine rings is 1. The van der Waals surface area contributed by atoms with Crippen LogP contribution >= 0.6 is 0 Å². The molecular weight excluding hydrogens is 335 g/mol. The molecule has 0 bridgehead atoms. The molecule has 0 radical (unpaired) electrons. The van der Waals surface area contributed by atoms with Crippen molar-refractivity contribution in [3.8, 4) is 0 Å². The number of carbonyl (C=O) groups is 2. The Morgan fingerprint density at radius 2 is 2.08 bits per heavy atom. The maximum Gasteiger partial charge on any atom is 0.253 e. The number of imidazole rings is 1. The fourth-order valence-corrected chi connectivity index (χ4v) is 3.19. The van der Waals surface area contributed by atoms with Gasteiger partial charge < -0.3 is 14.8 Å². The van der Waals surface area contributed by atoms with Gasteiger partial charge in [-0.15, -0.1) is 0 Å². The summed E-state index contributed by atoms with van der Waals surface area (Å²) < 4.78 is 15.2. The van der Waals surface area contributed by atoms with E-state index in [2.05, 4.69) is 10.3 Å². The number of aryl methyl sites for hydroxylation is 1. The molecule has 1 N–H and O–H groups in total. The first-order valence-corrected chi connectivity index (χ1v) is 8.92. The minimum atomic E-state index is -0.416. The van der Waals surface area contributed by atoms with Crippen molar-refractivity contribution in [2.75, 3.05) is 19.6 Å². The molecule has 7 heteroatoms. The van der Waals surface area contributed by atoms with Crippen LogP contribution in [0.3, 0.4) is 0 Å². The van der Waals surface area contributed by atoms with Crippen molar-refractivity contribution in [3.05, 3.63) is 54.4 Å². The van der Waals surface area contributed by atoms with Gasteiger partial charge in [-0.05, 0) is 37.5 Å². The average Bonchev–Trinajstić information content (AvgIpc) is 3.18. The molecule has 3 rings (SSSR count). The highest BCUT2D eigenvalue weighted by Gasteiger charge is 2.27. The number of nitrogens with one attached hydrogen (secondary N) is 1. The third kappa shape index (κ3) is 4.68. The average molecular weight is 358 g/mol. The summed E-state index contributed by atoms with van der Waals surface area (Å²) in [6.07, 6.45) is 7.50. The van der Waals surface area contributed by atoms with Gasteiger partial charge in [0.05, 0.1) is 6.33 Å². The Balaban J connectivity index is 1.40. The highest BCUT2D eigenvalue weighted by Crippen LogP contribution is 2.19. The molecule has 6 nitrogen and oxygen atoms in total. The van der Waals surface area contributed by atoms with Gasteiger partial charge in [0.25, 0.3) is 5.91 Å². The molecule has 2 heterocycles. The van der Waals surface area contributed by atoms with E-state index in [1.807, 2.05) is 10.8 Å². The lowest BCUT2D eigenvalue weighted by Crippen LogP contribution is -2.43. The lowest BCUT2D eigenvalue weighted by Gasteiger charge is -2.31. The van der Waals surface area contributed by atoms with Crippen molar-refractivity contribution in [3.63, 3.8) is 0 Å². The maximum atomic E-state index is 13.3. The molecule has 26 heavy (non-hydrogen) atoms. The third-order valence-electron chi connectivity index (χ3n) is 4.68. The molecule has 1 aromatic heterocycles. The van der Waals surface area contributed by atoms with Crippen LogP contribution < -0.4 is 5.32 Å².